The molecule has 0 radical (unpaired) electrons. The number of carboxylic acids is 1. The molecule has 0 saturated carbocycles. The molecule has 1 aliphatic rings. The van der Waals surface area contributed by atoms with Crippen LogP contribution in [0.5, 0.6) is 5.75 Å². The Labute approximate surface area is 305 Å². The van der Waals surface area contributed by atoms with Crippen molar-refractivity contribution in [2.45, 2.75) is 44.6 Å². The summed E-state index contributed by atoms with van der Waals surface area (Å²) in [6.45, 7) is 1.23. The van der Waals surface area contributed by atoms with Crippen molar-refractivity contribution in [3.8, 4) is 28.0 Å². The number of hydrogen-bond acceptors (Lipinski definition) is 8. The van der Waals surface area contributed by atoms with Gasteiger partial charge in [-0.1, -0.05) is 89.4 Å². The standard InChI is InChI=1S/C37H38Cl3N5O5/c1-50-32-15-23(29(38)14-24(32)18-44-31(20-46)37(48)49)17-43-30-7-3-5-27(34(30)36(40)41)28-6-2-4-26(35(28)39)22-10-8-21(9-11-22)16-42-19-25-12-13-33(47)45-25/h2-11,14-15,25,31,41-44,46H,12-13,16-20H2,1H3,(H,45,47)(H,48,49). The number of ether oxygens (including phenoxy) is 1. The molecule has 10 nitrogen and oxygen atoms in total. The zero-order chi connectivity index (χ0) is 35.8. The van der Waals surface area contributed by atoms with Crippen LogP contribution in [0.2, 0.25) is 10.0 Å². The number of halogens is 3. The van der Waals surface area contributed by atoms with Gasteiger partial charge in [-0.2, -0.15) is 0 Å². The monoisotopic (exact) mass is 737 g/mol. The number of hydrogen-bond donors (Lipinski definition) is 7. The molecule has 2 unspecified atom stereocenters. The van der Waals surface area contributed by atoms with Gasteiger partial charge in [0.2, 0.25) is 5.91 Å². The molecule has 1 amide bonds. The minimum absolute atomic E-state index is 0.107. The summed E-state index contributed by atoms with van der Waals surface area (Å²) in [6.07, 6.45) is 1.44. The van der Waals surface area contributed by atoms with E-state index in [0.717, 1.165) is 35.2 Å². The van der Waals surface area contributed by atoms with Crippen molar-refractivity contribution in [2.24, 2.45) is 0 Å². The average molecular weight is 739 g/mol. The van der Waals surface area contributed by atoms with Crippen LogP contribution in [-0.2, 0) is 29.2 Å². The molecule has 2 atom stereocenters. The Kier molecular flexibility index (Phi) is 12.7. The van der Waals surface area contributed by atoms with E-state index in [1.54, 1.807) is 12.1 Å². The van der Waals surface area contributed by atoms with Crippen molar-refractivity contribution in [3.05, 3.63) is 105 Å². The Morgan fingerprint density at radius 1 is 1.00 bits per heavy atom. The molecule has 1 aliphatic heterocycles. The fourth-order valence-corrected chi connectivity index (χ4v) is 6.69. The molecule has 4 aromatic rings. The molecule has 5 rings (SSSR count). The number of rotatable bonds is 16. The van der Waals surface area contributed by atoms with Gasteiger partial charge in [-0.25, -0.2) is 0 Å². The van der Waals surface area contributed by atoms with Crippen molar-refractivity contribution < 1.29 is 24.5 Å². The first-order chi connectivity index (χ1) is 24.1. The molecule has 1 fully saturated rings. The van der Waals surface area contributed by atoms with E-state index in [1.807, 2.05) is 60.7 Å². The first kappa shape index (κ1) is 37.1. The van der Waals surface area contributed by atoms with Crippen LogP contribution in [0.4, 0.5) is 5.69 Å². The molecule has 50 heavy (non-hydrogen) atoms. The third-order valence-electron chi connectivity index (χ3n) is 8.58. The number of benzene rings is 4. The lowest BCUT2D eigenvalue weighted by Gasteiger charge is -2.19. The predicted octanol–water partition coefficient (Wildman–Crippen LogP) is 6.42. The summed E-state index contributed by atoms with van der Waals surface area (Å²) in [6, 6.07) is 22.0. The molecule has 1 saturated heterocycles. The lowest BCUT2D eigenvalue weighted by atomic mass is 9.94. The fourth-order valence-electron chi connectivity index (χ4n) is 5.90. The predicted molar refractivity (Wildman–Crippen MR) is 199 cm³/mol. The summed E-state index contributed by atoms with van der Waals surface area (Å²) >= 11 is 20.1. The van der Waals surface area contributed by atoms with Gasteiger partial charge in [0.1, 0.15) is 17.0 Å². The Balaban J connectivity index is 1.33. The van der Waals surface area contributed by atoms with Crippen LogP contribution in [0.15, 0.2) is 72.8 Å². The molecule has 7 N–H and O–H groups in total. The third kappa shape index (κ3) is 8.95. The lowest BCUT2D eigenvalue weighted by molar-refractivity contribution is -0.140. The fraction of sp³-hybridized carbons (Fsp3) is 0.270. The summed E-state index contributed by atoms with van der Waals surface area (Å²) in [4.78, 5) is 22.7. The van der Waals surface area contributed by atoms with E-state index in [0.29, 0.717) is 56.7 Å². The largest absolute Gasteiger partial charge is 0.496 e. The van der Waals surface area contributed by atoms with Gasteiger partial charge in [0.05, 0.1) is 18.7 Å². The van der Waals surface area contributed by atoms with Gasteiger partial charge < -0.3 is 30.9 Å². The number of nitrogens with one attached hydrogen (secondary N) is 5. The number of amides is 1. The molecule has 0 spiro atoms. The van der Waals surface area contributed by atoms with Gasteiger partial charge >= 0.3 is 5.97 Å². The number of carbonyl (C=O) groups is 2. The highest BCUT2D eigenvalue weighted by atomic mass is 35.5. The lowest BCUT2D eigenvalue weighted by Crippen LogP contribution is -2.39. The molecule has 13 heteroatoms. The molecule has 0 aromatic heterocycles. The Hall–Kier alpha value is -4.16. The Bertz CT molecular complexity index is 1870. The molecule has 1 heterocycles. The van der Waals surface area contributed by atoms with E-state index in [1.165, 1.54) is 7.11 Å². The normalized spacial score (nSPS) is 14.7. The quantitative estimate of drug-likeness (QED) is 0.0651. The van der Waals surface area contributed by atoms with E-state index in [2.05, 4.69) is 21.3 Å². The molecule has 262 valence electrons. The average Bonchev–Trinajstić information content (AvgIpc) is 3.52. The number of aliphatic hydroxyl groups excluding tert-OH is 1. The summed E-state index contributed by atoms with van der Waals surface area (Å²) < 4.78 is 5.54. The van der Waals surface area contributed by atoms with Crippen LogP contribution in [0, 0.1) is 5.41 Å². The topological polar surface area (TPSA) is 156 Å². The van der Waals surface area contributed by atoms with Crippen LogP contribution < -0.4 is 26.0 Å². The van der Waals surface area contributed by atoms with Crippen molar-refractivity contribution in [2.75, 3.05) is 25.6 Å². The van der Waals surface area contributed by atoms with Crippen molar-refractivity contribution in [3.63, 3.8) is 0 Å². The summed E-state index contributed by atoms with van der Waals surface area (Å²) in [5, 5.41) is 40.3. The van der Waals surface area contributed by atoms with E-state index in [9.17, 15) is 19.8 Å². The van der Waals surface area contributed by atoms with Crippen molar-refractivity contribution >= 4 is 57.5 Å². The van der Waals surface area contributed by atoms with Crippen LogP contribution in [-0.4, -0.2) is 59.6 Å². The van der Waals surface area contributed by atoms with Crippen LogP contribution >= 0.6 is 34.8 Å². The van der Waals surface area contributed by atoms with Crippen LogP contribution in [0.25, 0.3) is 22.3 Å². The number of aliphatic hydroxyl groups is 1. The third-order valence-corrected chi connectivity index (χ3v) is 9.53. The first-order valence-corrected chi connectivity index (χ1v) is 17.1. The second-order valence-electron chi connectivity index (χ2n) is 11.9. The zero-order valence-electron chi connectivity index (χ0n) is 27.3. The van der Waals surface area contributed by atoms with Gasteiger partial charge in [0.25, 0.3) is 0 Å². The van der Waals surface area contributed by atoms with Gasteiger partial charge in [-0.3, -0.25) is 20.3 Å². The number of aliphatic carboxylic acids is 1. The van der Waals surface area contributed by atoms with Gasteiger partial charge in [0.15, 0.2) is 0 Å². The van der Waals surface area contributed by atoms with Crippen LogP contribution in [0.1, 0.15) is 35.1 Å². The van der Waals surface area contributed by atoms with E-state index >= 15 is 0 Å². The Morgan fingerprint density at radius 3 is 2.38 bits per heavy atom. The second kappa shape index (κ2) is 17.2. The molecular formula is C37H38Cl3N5O5. The maximum atomic E-state index is 11.4. The summed E-state index contributed by atoms with van der Waals surface area (Å²) in [7, 11) is 1.51. The number of carbonyl (C=O) groups excluding carboxylic acids is 1. The summed E-state index contributed by atoms with van der Waals surface area (Å²) in [5.74, 6) is -0.566. The number of carboxylic acid groups (broad SMARTS) is 1. The number of methoxy groups -OCH3 is 1. The smallest absolute Gasteiger partial charge is 0.323 e. The zero-order valence-corrected chi connectivity index (χ0v) is 29.6. The number of anilines is 1. The van der Waals surface area contributed by atoms with E-state index in [4.69, 9.17) is 44.9 Å². The molecule has 4 aromatic carbocycles. The van der Waals surface area contributed by atoms with Crippen molar-refractivity contribution in [1.29, 1.82) is 5.41 Å². The van der Waals surface area contributed by atoms with Gasteiger partial charge in [-0.05, 0) is 46.9 Å². The molecule has 0 aliphatic carbocycles. The molecular weight excluding hydrogens is 701 g/mol. The SMILES string of the molecule is COc1cc(CNc2cccc(-c3cccc(-c4ccc(CNCC5CCC(=O)N5)cc4)c3Cl)c2C(=N)Cl)c(Cl)cc1CNC(CO)C(=O)O. The Morgan fingerprint density at radius 2 is 1.72 bits per heavy atom. The highest BCUT2D eigenvalue weighted by Crippen LogP contribution is 2.40. The molecule has 0 bridgehead atoms. The highest BCUT2D eigenvalue weighted by molar-refractivity contribution is 6.69. The maximum absolute atomic E-state index is 11.4. The van der Waals surface area contributed by atoms with E-state index < -0.39 is 18.6 Å². The van der Waals surface area contributed by atoms with Gasteiger partial charge in [0, 0.05) is 71.6 Å². The first-order valence-electron chi connectivity index (χ1n) is 16.0. The second-order valence-corrected chi connectivity index (χ2v) is 13.1. The van der Waals surface area contributed by atoms with Crippen LogP contribution in [0.3, 0.4) is 0 Å². The van der Waals surface area contributed by atoms with E-state index in [-0.39, 0.29) is 30.2 Å². The van der Waals surface area contributed by atoms with Gasteiger partial charge in [-0.15, -0.1) is 0 Å². The van der Waals surface area contributed by atoms with Crippen molar-refractivity contribution in [1.82, 2.24) is 16.0 Å². The minimum atomic E-state index is -1.17. The maximum Gasteiger partial charge on any atom is 0.323 e. The highest BCUT2D eigenvalue weighted by Gasteiger charge is 2.21. The minimum Gasteiger partial charge on any atom is -0.496 e. The summed E-state index contributed by atoms with van der Waals surface area (Å²) in [5.41, 5.74) is 6.70.